The molecule has 1 heterocycles. The molecule has 1 saturated heterocycles. The number of hydrogen-bond acceptors (Lipinski definition) is 4. The predicted molar refractivity (Wildman–Crippen MR) is 133 cm³/mol. The highest BCUT2D eigenvalue weighted by Crippen LogP contribution is 2.34. The van der Waals surface area contributed by atoms with Crippen molar-refractivity contribution < 1.29 is 9.59 Å². The van der Waals surface area contributed by atoms with E-state index in [9.17, 15) is 9.59 Å². The van der Waals surface area contributed by atoms with Crippen LogP contribution in [0, 0.1) is 0 Å². The number of rotatable bonds is 6. The number of nitrogens with one attached hydrogen (secondary N) is 1. The van der Waals surface area contributed by atoms with E-state index in [0.29, 0.717) is 33.6 Å². The van der Waals surface area contributed by atoms with Gasteiger partial charge in [0.25, 0.3) is 5.91 Å². The molecule has 0 aliphatic carbocycles. The van der Waals surface area contributed by atoms with E-state index in [1.54, 1.807) is 17.0 Å². The number of carbonyl (C=O) groups excluding carboxylic acids is 2. The second kappa shape index (κ2) is 9.64. The van der Waals surface area contributed by atoms with E-state index >= 15 is 0 Å². The Labute approximate surface area is 195 Å². The van der Waals surface area contributed by atoms with Gasteiger partial charge in [-0.25, -0.2) is 0 Å². The third-order valence-corrected chi connectivity index (χ3v) is 6.64. The summed E-state index contributed by atoms with van der Waals surface area (Å²) < 4.78 is 0.498. The number of fused-ring (bicyclic) bond motifs is 1. The number of anilines is 1. The zero-order valence-corrected chi connectivity index (χ0v) is 18.9. The van der Waals surface area contributed by atoms with Crippen molar-refractivity contribution in [1.82, 2.24) is 4.90 Å². The van der Waals surface area contributed by atoms with Gasteiger partial charge in [-0.3, -0.25) is 14.5 Å². The van der Waals surface area contributed by atoms with Crippen LogP contribution in [0.3, 0.4) is 0 Å². The van der Waals surface area contributed by atoms with Gasteiger partial charge in [0, 0.05) is 29.1 Å². The number of halogens is 1. The SMILES string of the molecule is O=C(CCCN1C(=O)/C(=C/c2ccccc2Cl)SC1=S)Nc1cccc2ccccc12. The van der Waals surface area contributed by atoms with Crippen molar-refractivity contribution in [2.24, 2.45) is 0 Å². The number of hydrogen-bond donors (Lipinski definition) is 1. The van der Waals surface area contributed by atoms with E-state index in [-0.39, 0.29) is 11.8 Å². The van der Waals surface area contributed by atoms with E-state index in [2.05, 4.69) is 5.32 Å². The average molecular weight is 467 g/mol. The van der Waals surface area contributed by atoms with Crippen LogP contribution in [-0.4, -0.2) is 27.6 Å². The molecule has 31 heavy (non-hydrogen) atoms. The van der Waals surface area contributed by atoms with Gasteiger partial charge in [0.1, 0.15) is 4.32 Å². The smallest absolute Gasteiger partial charge is 0.266 e. The molecule has 2 amide bonds. The van der Waals surface area contributed by atoms with E-state index in [1.807, 2.05) is 60.7 Å². The molecule has 7 heteroatoms. The van der Waals surface area contributed by atoms with Crippen LogP contribution in [0.4, 0.5) is 5.69 Å². The van der Waals surface area contributed by atoms with Crippen LogP contribution in [0.15, 0.2) is 71.6 Å². The van der Waals surface area contributed by atoms with Crippen molar-refractivity contribution in [3.8, 4) is 0 Å². The molecule has 1 aliphatic heterocycles. The third kappa shape index (κ3) is 4.98. The fourth-order valence-electron chi connectivity index (χ4n) is 3.37. The third-order valence-electron chi connectivity index (χ3n) is 4.91. The molecule has 0 radical (unpaired) electrons. The topological polar surface area (TPSA) is 49.4 Å². The number of thiocarbonyl (C=S) groups is 1. The second-order valence-corrected chi connectivity index (χ2v) is 9.12. The van der Waals surface area contributed by atoms with Crippen LogP contribution in [0.5, 0.6) is 0 Å². The lowest BCUT2D eigenvalue weighted by molar-refractivity contribution is -0.122. The summed E-state index contributed by atoms with van der Waals surface area (Å²) in [6.07, 6.45) is 2.57. The Morgan fingerprint density at radius 1 is 1.06 bits per heavy atom. The minimum absolute atomic E-state index is 0.0894. The van der Waals surface area contributed by atoms with Crippen molar-refractivity contribution in [3.05, 3.63) is 82.2 Å². The van der Waals surface area contributed by atoms with Gasteiger partial charge in [0.15, 0.2) is 0 Å². The molecule has 3 aromatic carbocycles. The number of benzene rings is 3. The molecule has 0 unspecified atom stereocenters. The van der Waals surface area contributed by atoms with Crippen LogP contribution in [-0.2, 0) is 9.59 Å². The van der Waals surface area contributed by atoms with E-state index < -0.39 is 0 Å². The van der Waals surface area contributed by atoms with E-state index in [0.717, 1.165) is 22.0 Å². The van der Waals surface area contributed by atoms with Crippen LogP contribution >= 0.6 is 35.6 Å². The average Bonchev–Trinajstić information content (AvgIpc) is 3.03. The van der Waals surface area contributed by atoms with Gasteiger partial charge < -0.3 is 5.32 Å². The van der Waals surface area contributed by atoms with Gasteiger partial charge in [-0.05, 0) is 35.6 Å². The van der Waals surface area contributed by atoms with Gasteiger partial charge in [-0.1, -0.05) is 90.2 Å². The van der Waals surface area contributed by atoms with E-state index in [1.165, 1.54) is 11.8 Å². The molecular formula is C24H19ClN2O2S2. The van der Waals surface area contributed by atoms with Crippen molar-refractivity contribution in [1.29, 1.82) is 0 Å². The first-order valence-corrected chi connectivity index (χ1v) is 11.4. The molecule has 1 aliphatic rings. The van der Waals surface area contributed by atoms with E-state index in [4.69, 9.17) is 23.8 Å². The molecule has 0 atom stereocenters. The lowest BCUT2D eigenvalue weighted by atomic mass is 10.1. The van der Waals surface area contributed by atoms with Gasteiger partial charge >= 0.3 is 0 Å². The summed E-state index contributed by atoms with van der Waals surface area (Å²) in [5.41, 5.74) is 1.57. The maximum absolute atomic E-state index is 12.8. The number of nitrogens with zero attached hydrogens (tertiary/aromatic N) is 1. The fraction of sp³-hybridized carbons (Fsp3) is 0.125. The van der Waals surface area contributed by atoms with Gasteiger partial charge in [-0.15, -0.1) is 0 Å². The zero-order chi connectivity index (χ0) is 21.8. The van der Waals surface area contributed by atoms with Gasteiger partial charge in [0.2, 0.25) is 5.91 Å². The fourth-order valence-corrected chi connectivity index (χ4v) is 4.86. The Bertz CT molecular complexity index is 1200. The minimum Gasteiger partial charge on any atom is -0.326 e. The van der Waals surface area contributed by atoms with Crippen molar-refractivity contribution in [2.45, 2.75) is 12.8 Å². The molecule has 4 rings (SSSR count). The monoisotopic (exact) mass is 466 g/mol. The zero-order valence-electron chi connectivity index (χ0n) is 16.5. The highest BCUT2D eigenvalue weighted by Gasteiger charge is 2.31. The highest BCUT2D eigenvalue weighted by atomic mass is 35.5. The van der Waals surface area contributed by atoms with Gasteiger partial charge in [0.05, 0.1) is 4.91 Å². The minimum atomic E-state index is -0.149. The lowest BCUT2D eigenvalue weighted by Gasteiger charge is -2.14. The molecule has 0 bridgehead atoms. The Kier molecular flexibility index (Phi) is 6.70. The Balaban J connectivity index is 1.35. The quantitative estimate of drug-likeness (QED) is 0.351. The molecule has 0 saturated carbocycles. The molecule has 156 valence electrons. The van der Waals surface area contributed by atoms with Crippen molar-refractivity contribution in [2.75, 3.05) is 11.9 Å². The van der Waals surface area contributed by atoms with Crippen LogP contribution < -0.4 is 5.32 Å². The first kappa shape index (κ1) is 21.6. The second-order valence-electron chi connectivity index (χ2n) is 7.03. The molecule has 1 N–H and O–H groups in total. The summed E-state index contributed by atoms with van der Waals surface area (Å²) in [5.74, 6) is -0.238. The van der Waals surface area contributed by atoms with Crippen LogP contribution in [0.2, 0.25) is 5.02 Å². The Morgan fingerprint density at radius 3 is 2.65 bits per heavy atom. The summed E-state index contributed by atoms with van der Waals surface area (Å²) >= 11 is 12.8. The standard InChI is InChI=1S/C24H19ClN2O2S2/c25-19-11-4-2-8-17(19)15-21-23(29)27(24(30)31-21)14-6-13-22(28)26-20-12-5-9-16-7-1-3-10-18(16)20/h1-5,7-12,15H,6,13-14H2,(H,26,28)/b21-15-. The molecular weight excluding hydrogens is 448 g/mol. The lowest BCUT2D eigenvalue weighted by Crippen LogP contribution is -2.29. The molecule has 4 nitrogen and oxygen atoms in total. The number of carbonyl (C=O) groups is 2. The summed E-state index contributed by atoms with van der Waals surface area (Å²) in [5, 5.41) is 5.63. The molecule has 0 spiro atoms. The normalized spacial score (nSPS) is 15.1. The van der Waals surface area contributed by atoms with Crippen molar-refractivity contribution in [3.63, 3.8) is 0 Å². The summed E-state index contributed by atoms with van der Waals surface area (Å²) in [6, 6.07) is 21.1. The summed E-state index contributed by atoms with van der Waals surface area (Å²) in [6.45, 7) is 0.396. The van der Waals surface area contributed by atoms with Crippen molar-refractivity contribution >= 4 is 74.3 Å². The molecule has 1 fully saturated rings. The summed E-state index contributed by atoms with van der Waals surface area (Å²) in [4.78, 5) is 27.3. The molecule has 3 aromatic rings. The Morgan fingerprint density at radius 2 is 1.81 bits per heavy atom. The highest BCUT2D eigenvalue weighted by molar-refractivity contribution is 8.26. The van der Waals surface area contributed by atoms with Crippen LogP contribution in [0.25, 0.3) is 16.8 Å². The first-order valence-electron chi connectivity index (χ1n) is 9.80. The first-order chi connectivity index (χ1) is 15.0. The van der Waals surface area contributed by atoms with Crippen LogP contribution in [0.1, 0.15) is 18.4 Å². The molecule has 0 aromatic heterocycles. The largest absolute Gasteiger partial charge is 0.326 e. The van der Waals surface area contributed by atoms with Gasteiger partial charge in [-0.2, -0.15) is 0 Å². The number of amides is 2. The summed E-state index contributed by atoms with van der Waals surface area (Å²) in [7, 11) is 0. The Hall–Kier alpha value is -2.67. The predicted octanol–water partition coefficient (Wildman–Crippen LogP) is 6.11. The maximum atomic E-state index is 12.8. The number of thioether (sulfide) groups is 1. The maximum Gasteiger partial charge on any atom is 0.266 e.